The maximum absolute atomic E-state index is 10.7. The maximum atomic E-state index is 10.7. The molecule has 10 heavy (non-hydrogen) atoms. The molecule has 0 bridgehead atoms. The molecular formula is C7H13NO2. The van der Waals surface area contributed by atoms with Gasteiger partial charge in [-0.3, -0.25) is 4.79 Å². The van der Waals surface area contributed by atoms with Crippen molar-refractivity contribution in [1.82, 2.24) is 5.32 Å². The number of carbonyl (C=O) groups is 1. The fourth-order valence-electron chi connectivity index (χ4n) is 1.14. The summed E-state index contributed by atoms with van der Waals surface area (Å²) in [4.78, 5) is 10.7. The topological polar surface area (TPSA) is 49.3 Å². The molecule has 1 aliphatic heterocycles. The Morgan fingerprint density at radius 2 is 2.30 bits per heavy atom. The Morgan fingerprint density at radius 1 is 1.70 bits per heavy atom. The van der Waals surface area contributed by atoms with E-state index in [1.54, 1.807) is 13.8 Å². The van der Waals surface area contributed by atoms with Gasteiger partial charge in [0.15, 0.2) is 0 Å². The van der Waals surface area contributed by atoms with Crippen LogP contribution in [0.25, 0.3) is 0 Å². The summed E-state index contributed by atoms with van der Waals surface area (Å²) >= 11 is 0. The predicted octanol–water partition coefficient (Wildman–Crippen LogP) is 0.0359. The number of carbonyl (C=O) groups excluding carboxylic acids is 1. The van der Waals surface area contributed by atoms with Crippen LogP contribution in [0.5, 0.6) is 0 Å². The molecule has 1 fully saturated rings. The van der Waals surface area contributed by atoms with Gasteiger partial charge in [-0.05, 0) is 20.3 Å². The van der Waals surface area contributed by atoms with E-state index in [0.29, 0.717) is 6.42 Å². The molecular weight excluding hydrogens is 130 g/mol. The van der Waals surface area contributed by atoms with E-state index in [2.05, 4.69) is 5.32 Å². The second-order valence-electron chi connectivity index (χ2n) is 3.31. The van der Waals surface area contributed by atoms with Crippen LogP contribution in [0.3, 0.4) is 0 Å². The average molecular weight is 143 g/mol. The molecule has 1 amide bonds. The Morgan fingerprint density at radius 3 is 2.50 bits per heavy atom. The average Bonchev–Trinajstić information content (AvgIpc) is 2.11. The molecule has 0 aliphatic carbocycles. The second kappa shape index (κ2) is 2.23. The summed E-state index contributed by atoms with van der Waals surface area (Å²) in [6, 6.07) is -0.0556. The monoisotopic (exact) mass is 143 g/mol. The highest BCUT2D eigenvalue weighted by molar-refractivity contribution is 5.78. The Balaban J connectivity index is 2.53. The van der Waals surface area contributed by atoms with Crippen molar-refractivity contribution in [2.75, 3.05) is 0 Å². The molecule has 58 valence electrons. The highest BCUT2D eigenvalue weighted by Crippen LogP contribution is 2.18. The molecule has 0 radical (unpaired) electrons. The molecule has 0 aromatic heterocycles. The summed E-state index contributed by atoms with van der Waals surface area (Å²) in [5.74, 6) is 0.0483. The number of rotatable bonds is 1. The fraction of sp³-hybridized carbons (Fsp3) is 0.857. The molecule has 1 aliphatic rings. The van der Waals surface area contributed by atoms with E-state index in [1.807, 2.05) is 0 Å². The van der Waals surface area contributed by atoms with E-state index >= 15 is 0 Å². The number of hydrogen-bond acceptors (Lipinski definition) is 2. The van der Waals surface area contributed by atoms with Gasteiger partial charge in [0, 0.05) is 6.42 Å². The number of amides is 1. The number of nitrogens with one attached hydrogen (secondary N) is 1. The molecule has 0 unspecified atom stereocenters. The molecule has 1 atom stereocenters. The highest BCUT2D eigenvalue weighted by atomic mass is 16.3. The zero-order chi connectivity index (χ0) is 7.78. The van der Waals surface area contributed by atoms with E-state index in [0.717, 1.165) is 6.42 Å². The number of aliphatic hydroxyl groups is 1. The summed E-state index contributed by atoms with van der Waals surface area (Å²) < 4.78 is 0. The molecule has 3 heteroatoms. The van der Waals surface area contributed by atoms with Gasteiger partial charge < -0.3 is 10.4 Å². The van der Waals surface area contributed by atoms with Crippen molar-refractivity contribution < 1.29 is 9.90 Å². The van der Waals surface area contributed by atoms with Crippen LogP contribution in [0.4, 0.5) is 0 Å². The lowest BCUT2D eigenvalue weighted by molar-refractivity contribution is -0.120. The van der Waals surface area contributed by atoms with Gasteiger partial charge in [0.05, 0.1) is 11.6 Å². The van der Waals surface area contributed by atoms with E-state index in [-0.39, 0.29) is 11.9 Å². The molecule has 3 nitrogen and oxygen atoms in total. The Labute approximate surface area is 60.4 Å². The minimum absolute atomic E-state index is 0.0483. The summed E-state index contributed by atoms with van der Waals surface area (Å²) in [6.45, 7) is 3.42. The molecule has 1 saturated heterocycles. The number of hydrogen-bond donors (Lipinski definition) is 2. The van der Waals surface area contributed by atoms with Crippen LogP contribution in [-0.2, 0) is 4.79 Å². The first kappa shape index (κ1) is 7.54. The van der Waals surface area contributed by atoms with Crippen LogP contribution in [0.1, 0.15) is 26.7 Å². The zero-order valence-electron chi connectivity index (χ0n) is 6.35. The molecule has 1 rings (SSSR count). The summed E-state index contributed by atoms with van der Waals surface area (Å²) in [6.07, 6.45) is 1.30. The van der Waals surface area contributed by atoms with Gasteiger partial charge in [-0.2, -0.15) is 0 Å². The summed E-state index contributed by atoms with van der Waals surface area (Å²) in [5.41, 5.74) is -0.772. The van der Waals surface area contributed by atoms with Gasteiger partial charge in [0.2, 0.25) is 5.91 Å². The molecule has 0 aromatic carbocycles. The van der Waals surface area contributed by atoms with Crippen LogP contribution in [0.15, 0.2) is 0 Å². The van der Waals surface area contributed by atoms with Crippen molar-refractivity contribution in [1.29, 1.82) is 0 Å². The Bertz CT molecular complexity index is 148. The highest BCUT2D eigenvalue weighted by Gasteiger charge is 2.32. The van der Waals surface area contributed by atoms with Crippen LogP contribution in [-0.4, -0.2) is 22.7 Å². The first-order valence-corrected chi connectivity index (χ1v) is 3.52. The normalized spacial score (nSPS) is 26.7. The molecule has 0 saturated carbocycles. The van der Waals surface area contributed by atoms with Crippen LogP contribution in [0, 0.1) is 0 Å². The SMILES string of the molecule is CC(C)(O)[C@H]1CCC(=O)N1. The third-order valence-corrected chi connectivity index (χ3v) is 1.85. The van der Waals surface area contributed by atoms with E-state index in [1.165, 1.54) is 0 Å². The van der Waals surface area contributed by atoms with Crippen LogP contribution >= 0.6 is 0 Å². The molecule has 0 aromatic rings. The fourth-order valence-corrected chi connectivity index (χ4v) is 1.14. The first-order chi connectivity index (χ1) is 4.50. The minimum Gasteiger partial charge on any atom is -0.388 e. The van der Waals surface area contributed by atoms with Gasteiger partial charge >= 0.3 is 0 Å². The van der Waals surface area contributed by atoms with Crippen molar-refractivity contribution in [2.45, 2.75) is 38.3 Å². The van der Waals surface area contributed by atoms with Crippen LogP contribution in [0.2, 0.25) is 0 Å². The summed E-state index contributed by atoms with van der Waals surface area (Å²) in [7, 11) is 0. The molecule has 2 N–H and O–H groups in total. The quantitative estimate of drug-likeness (QED) is 0.544. The standard InChI is InChI=1S/C7H13NO2/c1-7(2,10)5-3-4-6(9)8-5/h5,10H,3-4H2,1-2H3,(H,8,9)/t5-/m1/s1. The smallest absolute Gasteiger partial charge is 0.220 e. The largest absolute Gasteiger partial charge is 0.388 e. The van der Waals surface area contributed by atoms with Crippen molar-refractivity contribution in [3.05, 3.63) is 0 Å². The van der Waals surface area contributed by atoms with E-state index in [9.17, 15) is 9.90 Å². The van der Waals surface area contributed by atoms with Gasteiger partial charge in [-0.1, -0.05) is 0 Å². The maximum Gasteiger partial charge on any atom is 0.220 e. The Kier molecular flexibility index (Phi) is 1.68. The van der Waals surface area contributed by atoms with Crippen molar-refractivity contribution in [3.63, 3.8) is 0 Å². The van der Waals surface area contributed by atoms with Crippen molar-refractivity contribution >= 4 is 5.91 Å². The van der Waals surface area contributed by atoms with E-state index < -0.39 is 5.60 Å². The van der Waals surface area contributed by atoms with Gasteiger partial charge in [0.1, 0.15) is 0 Å². The van der Waals surface area contributed by atoms with Gasteiger partial charge in [0.25, 0.3) is 0 Å². The predicted molar refractivity (Wildman–Crippen MR) is 37.5 cm³/mol. The third kappa shape index (κ3) is 1.48. The van der Waals surface area contributed by atoms with Crippen molar-refractivity contribution in [3.8, 4) is 0 Å². The lowest BCUT2D eigenvalue weighted by Crippen LogP contribution is -2.43. The zero-order valence-corrected chi connectivity index (χ0v) is 6.35. The first-order valence-electron chi connectivity index (χ1n) is 3.52. The molecule has 1 heterocycles. The van der Waals surface area contributed by atoms with Gasteiger partial charge in [-0.15, -0.1) is 0 Å². The third-order valence-electron chi connectivity index (χ3n) is 1.85. The summed E-state index contributed by atoms with van der Waals surface area (Å²) in [5, 5.41) is 12.1. The van der Waals surface area contributed by atoms with Crippen LogP contribution < -0.4 is 5.32 Å². The lowest BCUT2D eigenvalue weighted by atomic mass is 9.98. The van der Waals surface area contributed by atoms with Gasteiger partial charge in [-0.25, -0.2) is 0 Å². The Hall–Kier alpha value is -0.570. The van der Waals surface area contributed by atoms with E-state index in [4.69, 9.17) is 0 Å². The van der Waals surface area contributed by atoms with Crippen molar-refractivity contribution in [2.24, 2.45) is 0 Å². The molecule has 0 spiro atoms. The lowest BCUT2D eigenvalue weighted by Gasteiger charge is -2.24. The minimum atomic E-state index is -0.772. The second-order valence-corrected chi connectivity index (χ2v) is 3.31.